The van der Waals surface area contributed by atoms with Crippen LogP contribution in [0.2, 0.25) is 0 Å². The minimum atomic E-state index is -0.245. The molecule has 0 aliphatic carbocycles. The number of amides is 3. The van der Waals surface area contributed by atoms with Gasteiger partial charge >= 0.3 is 0 Å². The van der Waals surface area contributed by atoms with Crippen LogP contribution in [0.3, 0.4) is 0 Å². The smallest absolute Gasteiger partial charge is 0.254 e. The maximum atomic E-state index is 13.3. The zero-order chi connectivity index (χ0) is 25.9. The minimum absolute atomic E-state index is 0.0455. The van der Waals surface area contributed by atoms with E-state index in [9.17, 15) is 14.4 Å². The highest BCUT2D eigenvalue weighted by molar-refractivity contribution is 6.01. The fourth-order valence-corrected chi connectivity index (χ4v) is 4.13. The van der Waals surface area contributed by atoms with Crippen LogP contribution in [0.15, 0.2) is 59.8 Å². The molecule has 9 heteroatoms. The number of morpholine rings is 1. The van der Waals surface area contributed by atoms with Gasteiger partial charge in [-0.1, -0.05) is 54.5 Å². The molecule has 0 saturated carbocycles. The summed E-state index contributed by atoms with van der Waals surface area (Å²) in [6.07, 6.45) is 1.26. The molecule has 0 unspecified atom stereocenters. The third-order valence-corrected chi connectivity index (χ3v) is 6.11. The Hall–Kier alpha value is -3.72. The van der Waals surface area contributed by atoms with Gasteiger partial charge in [0.25, 0.3) is 5.91 Å². The Morgan fingerprint density at radius 3 is 2.22 bits per heavy atom. The van der Waals surface area contributed by atoms with Crippen molar-refractivity contribution in [2.24, 2.45) is 10.9 Å². The maximum absolute atomic E-state index is 13.3. The number of nitrogens with two attached hydrogens (primary N) is 1. The summed E-state index contributed by atoms with van der Waals surface area (Å²) in [5.41, 5.74) is 8.18. The average molecular weight is 495 g/mol. The van der Waals surface area contributed by atoms with Gasteiger partial charge in [-0.25, -0.2) is 0 Å². The van der Waals surface area contributed by atoms with E-state index in [1.165, 1.54) is 7.11 Å². The summed E-state index contributed by atoms with van der Waals surface area (Å²) in [5.74, 6) is -0.296. The average Bonchev–Trinajstić information content (AvgIpc) is 3.31. The van der Waals surface area contributed by atoms with E-state index >= 15 is 0 Å². The number of hydrogen-bond acceptors (Lipinski definition) is 6. The van der Waals surface area contributed by atoms with Gasteiger partial charge in [-0.05, 0) is 23.3 Å². The quantitative estimate of drug-likeness (QED) is 0.620. The molecule has 0 bridgehead atoms. The van der Waals surface area contributed by atoms with Crippen LogP contribution in [-0.4, -0.2) is 79.2 Å². The lowest BCUT2D eigenvalue weighted by Gasteiger charge is -2.30. The van der Waals surface area contributed by atoms with Crippen molar-refractivity contribution >= 4 is 23.4 Å². The van der Waals surface area contributed by atoms with E-state index in [0.29, 0.717) is 51.3 Å². The molecule has 0 radical (unpaired) electrons. The van der Waals surface area contributed by atoms with Crippen molar-refractivity contribution in [1.29, 1.82) is 0 Å². The van der Waals surface area contributed by atoms with E-state index in [0.717, 1.165) is 16.8 Å². The second-order valence-electron chi connectivity index (χ2n) is 8.59. The van der Waals surface area contributed by atoms with E-state index < -0.39 is 0 Å². The summed E-state index contributed by atoms with van der Waals surface area (Å²) in [7, 11) is 1.49. The first-order valence-corrected chi connectivity index (χ1v) is 12.1. The number of nitrogens with zero attached hydrogens (tertiary/aromatic N) is 3. The molecule has 2 N–H and O–H groups in total. The van der Waals surface area contributed by atoms with Gasteiger partial charge in [-0.15, -0.1) is 0 Å². The maximum Gasteiger partial charge on any atom is 0.254 e. The van der Waals surface area contributed by atoms with Gasteiger partial charge in [0.15, 0.2) is 0 Å². The zero-order valence-corrected chi connectivity index (χ0v) is 20.9. The van der Waals surface area contributed by atoms with Crippen LogP contribution in [0.5, 0.6) is 0 Å². The van der Waals surface area contributed by atoms with Crippen LogP contribution in [0, 0.1) is 0 Å². The normalized spacial score (nSPS) is 18.4. The molecule has 0 spiro atoms. The van der Waals surface area contributed by atoms with Gasteiger partial charge in [0.2, 0.25) is 11.8 Å². The molecule has 2 heterocycles. The number of oxime groups is 1. The molecule has 2 aliphatic heterocycles. The number of primary amides is 1. The molecule has 0 aromatic heterocycles. The second kappa shape index (κ2) is 13.4. The standard InChI is InChI=1S/C24H27N3O4.C3H7NO/c1-30-25-21-15-22(16-23(28)26-11-13-31-14-12-26)27(17-21)24(29)20-9-7-19(8-10-20)18-5-3-2-4-6-18;1-2-3(4)5/h2-10,22H,11-17H2,1H3;2H2,1H3,(H2,4,5)/t22-;/m0./s1. The lowest BCUT2D eigenvalue weighted by molar-refractivity contribution is -0.136. The molecular formula is C27H34N4O5. The lowest BCUT2D eigenvalue weighted by Crippen LogP contribution is -2.44. The number of ether oxygens (including phenoxy) is 1. The van der Waals surface area contributed by atoms with E-state index in [2.05, 4.69) is 10.9 Å². The number of carbonyl (C=O) groups excluding carboxylic acids is 3. The van der Waals surface area contributed by atoms with Gasteiger partial charge in [0, 0.05) is 44.0 Å². The van der Waals surface area contributed by atoms with Gasteiger partial charge in [0.05, 0.1) is 25.5 Å². The first-order chi connectivity index (χ1) is 17.4. The Balaban J connectivity index is 0.000000658. The van der Waals surface area contributed by atoms with E-state index in [1.54, 1.807) is 11.8 Å². The van der Waals surface area contributed by atoms with E-state index in [4.69, 9.17) is 9.57 Å². The van der Waals surface area contributed by atoms with Crippen molar-refractivity contribution in [1.82, 2.24) is 9.80 Å². The van der Waals surface area contributed by atoms with Crippen molar-refractivity contribution in [3.63, 3.8) is 0 Å². The predicted octanol–water partition coefficient (Wildman–Crippen LogP) is 2.70. The molecular weight excluding hydrogens is 460 g/mol. The number of carbonyl (C=O) groups is 3. The Morgan fingerprint density at radius 1 is 1.03 bits per heavy atom. The van der Waals surface area contributed by atoms with Gasteiger partial charge in [-0.2, -0.15) is 0 Å². The fourth-order valence-electron chi connectivity index (χ4n) is 4.13. The number of rotatable bonds is 6. The first-order valence-electron chi connectivity index (χ1n) is 12.1. The molecule has 2 aromatic carbocycles. The molecule has 192 valence electrons. The van der Waals surface area contributed by atoms with E-state index in [1.807, 2.05) is 59.5 Å². The monoisotopic (exact) mass is 494 g/mol. The lowest BCUT2D eigenvalue weighted by atomic mass is 10.0. The van der Waals surface area contributed by atoms with E-state index in [-0.39, 0.29) is 30.2 Å². The third-order valence-electron chi connectivity index (χ3n) is 6.11. The Morgan fingerprint density at radius 2 is 1.64 bits per heavy atom. The third kappa shape index (κ3) is 7.39. The van der Waals surface area contributed by atoms with Crippen LogP contribution < -0.4 is 5.73 Å². The van der Waals surface area contributed by atoms with Crippen LogP contribution in [0.25, 0.3) is 11.1 Å². The molecule has 4 rings (SSSR count). The molecule has 2 aromatic rings. The highest BCUT2D eigenvalue weighted by Crippen LogP contribution is 2.25. The van der Waals surface area contributed by atoms with Crippen LogP contribution in [0.4, 0.5) is 0 Å². The van der Waals surface area contributed by atoms with Crippen molar-refractivity contribution in [3.05, 3.63) is 60.2 Å². The summed E-state index contributed by atoms with van der Waals surface area (Å²) in [6, 6.07) is 17.4. The first kappa shape index (κ1) is 26.9. The Kier molecular flexibility index (Phi) is 10.00. The molecule has 2 fully saturated rings. The molecule has 9 nitrogen and oxygen atoms in total. The van der Waals surface area contributed by atoms with Crippen LogP contribution >= 0.6 is 0 Å². The summed E-state index contributed by atoms with van der Waals surface area (Å²) in [6.45, 7) is 4.40. The minimum Gasteiger partial charge on any atom is -0.399 e. The molecule has 3 amide bonds. The topological polar surface area (TPSA) is 115 Å². The predicted molar refractivity (Wildman–Crippen MR) is 137 cm³/mol. The van der Waals surface area contributed by atoms with Crippen LogP contribution in [0.1, 0.15) is 36.5 Å². The largest absolute Gasteiger partial charge is 0.399 e. The summed E-state index contributed by atoms with van der Waals surface area (Å²) in [5, 5.41) is 4.05. The number of hydrogen-bond donors (Lipinski definition) is 1. The molecule has 36 heavy (non-hydrogen) atoms. The molecule has 2 saturated heterocycles. The Bertz CT molecular complexity index is 1050. The number of benzene rings is 2. The summed E-state index contributed by atoms with van der Waals surface area (Å²) >= 11 is 0. The fraction of sp³-hybridized carbons (Fsp3) is 0.407. The summed E-state index contributed by atoms with van der Waals surface area (Å²) < 4.78 is 5.33. The summed E-state index contributed by atoms with van der Waals surface area (Å²) in [4.78, 5) is 44.2. The number of likely N-dealkylation sites (tertiary alicyclic amines) is 1. The highest BCUT2D eigenvalue weighted by Gasteiger charge is 2.36. The molecule has 1 atom stereocenters. The van der Waals surface area contributed by atoms with Gasteiger partial charge in [-0.3, -0.25) is 14.4 Å². The van der Waals surface area contributed by atoms with Crippen LogP contribution in [-0.2, 0) is 19.2 Å². The highest BCUT2D eigenvalue weighted by atomic mass is 16.6. The Labute approximate surface area is 211 Å². The SMILES string of the molecule is CCC(N)=O.CON=C1C[C@@H](CC(=O)N2CCOCC2)N(C(=O)c2ccc(-c3ccccc3)cc2)C1. The van der Waals surface area contributed by atoms with Crippen molar-refractivity contribution in [2.75, 3.05) is 40.0 Å². The van der Waals surface area contributed by atoms with Crippen molar-refractivity contribution < 1.29 is 24.0 Å². The van der Waals surface area contributed by atoms with Crippen molar-refractivity contribution in [3.8, 4) is 11.1 Å². The molecule has 2 aliphatic rings. The second-order valence-corrected chi connectivity index (χ2v) is 8.59. The van der Waals surface area contributed by atoms with Crippen molar-refractivity contribution in [2.45, 2.75) is 32.2 Å². The zero-order valence-electron chi connectivity index (χ0n) is 20.9. The van der Waals surface area contributed by atoms with Gasteiger partial charge in [0.1, 0.15) is 7.11 Å². The van der Waals surface area contributed by atoms with Gasteiger partial charge < -0.3 is 25.1 Å².